The molecule has 0 amide bonds. The molecule has 102 valence electrons. The maximum absolute atomic E-state index is 3.55. The maximum atomic E-state index is 3.55. The Hall–Kier alpha value is -0.820. The van der Waals surface area contributed by atoms with Gasteiger partial charge in [0.2, 0.25) is 0 Å². The van der Waals surface area contributed by atoms with Gasteiger partial charge in [0, 0.05) is 12.6 Å². The van der Waals surface area contributed by atoms with E-state index in [9.17, 15) is 0 Å². The normalized spacial score (nSPS) is 12.2. The van der Waals surface area contributed by atoms with E-state index in [2.05, 4.69) is 65.1 Å². The van der Waals surface area contributed by atoms with Crippen LogP contribution in [0, 0.1) is 19.3 Å². The van der Waals surface area contributed by atoms with Crippen molar-refractivity contribution in [2.45, 2.75) is 60.4 Å². The smallest absolute Gasteiger partial charge is 0.00106 e. The fourth-order valence-electron chi connectivity index (χ4n) is 2.17. The van der Waals surface area contributed by atoms with Crippen LogP contribution in [0.2, 0.25) is 0 Å². The lowest BCUT2D eigenvalue weighted by Gasteiger charge is -2.26. The molecule has 0 spiro atoms. The molecule has 1 rings (SSSR count). The van der Waals surface area contributed by atoms with Crippen LogP contribution in [-0.4, -0.2) is 12.6 Å². The molecule has 0 fully saturated rings. The molecule has 0 atom stereocenters. The van der Waals surface area contributed by atoms with E-state index in [1.54, 1.807) is 0 Å². The zero-order valence-corrected chi connectivity index (χ0v) is 12.9. The first kappa shape index (κ1) is 15.2. The highest BCUT2D eigenvalue weighted by molar-refractivity contribution is 5.30. The average molecular weight is 247 g/mol. The highest BCUT2D eigenvalue weighted by Crippen LogP contribution is 2.23. The standard InChI is InChI=1S/C17H29N/c1-13(2)18-12-17(5,6)10-9-16-8-7-14(3)11-15(16)4/h7-8,11,13,18H,9-10,12H2,1-6H3. The molecule has 0 saturated heterocycles. The van der Waals surface area contributed by atoms with Crippen LogP contribution in [0.3, 0.4) is 0 Å². The minimum Gasteiger partial charge on any atom is -0.314 e. The third kappa shape index (κ3) is 5.22. The molecule has 0 unspecified atom stereocenters. The van der Waals surface area contributed by atoms with E-state index in [4.69, 9.17) is 0 Å². The van der Waals surface area contributed by atoms with Gasteiger partial charge in [-0.25, -0.2) is 0 Å². The molecule has 0 saturated carbocycles. The Balaban J connectivity index is 2.53. The van der Waals surface area contributed by atoms with Gasteiger partial charge in [-0.3, -0.25) is 0 Å². The summed E-state index contributed by atoms with van der Waals surface area (Å²) in [5.41, 5.74) is 4.65. The van der Waals surface area contributed by atoms with Crippen LogP contribution in [0.25, 0.3) is 0 Å². The van der Waals surface area contributed by atoms with Crippen LogP contribution in [-0.2, 0) is 6.42 Å². The first-order chi connectivity index (χ1) is 8.30. The van der Waals surface area contributed by atoms with Crippen molar-refractivity contribution in [3.05, 3.63) is 34.9 Å². The molecule has 1 nitrogen and oxygen atoms in total. The van der Waals surface area contributed by atoms with Crippen molar-refractivity contribution in [3.8, 4) is 0 Å². The summed E-state index contributed by atoms with van der Waals surface area (Å²) in [6.45, 7) is 14.6. The van der Waals surface area contributed by atoms with Crippen molar-refractivity contribution in [2.75, 3.05) is 6.54 Å². The maximum Gasteiger partial charge on any atom is 0.00106 e. The summed E-state index contributed by atoms with van der Waals surface area (Å²) in [5.74, 6) is 0. The van der Waals surface area contributed by atoms with Gasteiger partial charge in [0.1, 0.15) is 0 Å². The summed E-state index contributed by atoms with van der Waals surface area (Å²) in [7, 11) is 0. The van der Waals surface area contributed by atoms with Crippen molar-refractivity contribution in [1.29, 1.82) is 0 Å². The number of aryl methyl sites for hydroxylation is 3. The van der Waals surface area contributed by atoms with Gasteiger partial charge < -0.3 is 5.32 Å². The van der Waals surface area contributed by atoms with Gasteiger partial charge in [-0.05, 0) is 43.2 Å². The molecular formula is C17H29N. The van der Waals surface area contributed by atoms with E-state index < -0.39 is 0 Å². The average Bonchev–Trinajstić information content (AvgIpc) is 2.25. The Bertz CT molecular complexity index is 377. The zero-order chi connectivity index (χ0) is 13.8. The van der Waals surface area contributed by atoms with E-state index >= 15 is 0 Å². The molecular weight excluding hydrogens is 218 g/mol. The zero-order valence-electron chi connectivity index (χ0n) is 12.9. The van der Waals surface area contributed by atoms with Crippen molar-refractivity contribution < 1.29 is 0 Å². The van der Waals surface area contributed by atoms with E-state index in [1.807, 2.05) is 0 Å². The fraction of sp³-hybridized carbons (Fsp3) is 0.647. The van der Waals surface area contributed by atoms with Gasteiger partial charge in [-0.1, -0.05) is 51.5 Å². The fourth-order valence-corrected chi connectivity index (χ4v) is 2.17. The molecule has 1 heteroatoms. The van der Waals surface area contributed by atoms with Crippen LogP contribution in [0.1, 0.15) is 50.8 Å². The summed E-state index contributed by atoms with van der Waals surface area (Å²) in [6.07, 6.45) is 2.41. The molecule has 0 aliphatic heterocycles. The Morgan fingerprint density at radius 3 is 2.39 bits per heavy atom. The molecule has 1 N–H and O–H groups in total. The summed E-state index contributed by atoms with van der Waals surface area (Å²) < 4.78 is 0. The van der Waals surface area contributed by atoms with Gasteiger partial charge in [0.15, 0.2) is 0 Å². The molecule has 0 radical (unpaired) electrons. The van der Waals surface area contributed by atoms with E-state index in [1.165, 1.54) is 29.5 Å². The van der Waals surface area contributed by atoms with Gasteiger partial charge in [0.05, 0.1) is 0 Å². The topological polar surface area (TPSA) is 12.0 Å². The third-order valence-electron chi connectivity index (χ3n) is 3.56. The largest absolute Gasteiger partial charge is 0.314 e. The van der Waals surface area contributed by atoms with Crippen LogP contribution in [0.15, 0.2) is 18.2 Å². The molecule has 0 heterocycles. The lowest BCUT2D eigenvalue weighted by atomic mass is 9.85. The van der Waals surface area contributed by atoms with Gasteiger partial charge in [-0.15, -0.1) is 0 Å². The molecule has 1 aromatic carbocycles. The summed E-state index contributed by atoms with van der Waals surface area (Å²) in [5, 5.41) is 3.55. The second kappa shape index (κ2) is 6.38. The number of hydrogen-bond donors (Lipinski definition) is 1. The molecule has 0 aliphatic rings. The molecule has 1 aromatic rings. The molecule has 0 aromatic heterocycles. The van der Waals surface area contributed by atoms with Crippen LogP contribution in [0.5, 0.6) is 0 Å². The van der Waals surface area contributed by atoms with Gasteiger partial charge in [0.25, 0.3) is 0 Å². The highest BCUT2D eigenvalue weighted by Gasteiger charge is 2.18. The predicted molar refractivity (Wildman–Crippen MR) is 81.2 cm³/mol. The van der Waals surface area contributed by atoms with Crippen molar-refractivity contribution >= 4 is 0 Å². The first-order valence-corrected chi connectivity index (χ1v) is 7.10. The quantitative estimate of drug-likeness (QED) is 0.792. The van der Waals surface area contributed by atoms with E-state index in [0.717, 1.165) is 6.54 Å². The van der Waals surface area contributed by atoms with E-state index in [0.29, 0.717) is 11.5 Å². The first-order valence-electron chi connectivity index (χ1n) is 7.10. The second-order valence-corrected chi connectivity index (χ2v) is 6.63. The molecule has 18 heavy (non-hydrogen) atoms. The lowest BCUT2D eigenvalue weighted by molar-refractivity contribution is 0.304. The van der Waals surface area contributed by atoms with Crippen LogP contribution in [0.4, 0.5) is 0 Å². The lowest BCUT2D eigenvalue weighted by Crippen LogP contribution is -2.34. The molecule has 0 bridgehead atoms. The number of nitrogens with one attached hydrogen (secondary N) is 1. The third-order valence-corrected chi connectivity index (χ3v) is 3.56. The Kier molecular flexibility index (Phi) is 5.40. The van der Waals surface area contributed by atoms with Gasteiger partial charge >= 0.3 is 0 Å². The Labute approximate surface area is 113 Å². The monoisotopic (exact) mass is 247 g/mol. The number of benzene rings is 1. The minimum absolute atomic E-state index is 0.363. The Morgan fingerprint density at radius 1 is 1.17 bits per heavy atom. The number of rotatable bonds is 6. The summed E-state index contributed by atoms with van der Waals surface area (Å²) in [6, 6.07) is 7.37. The van der Waals surface area contributed by atoms with Gasteiger partial charge in [-0.2, -0.15) is 0 Å². The van der Waals surface area contributed by atoms with Crippen molar-refractivity contribution in [2.24, 2.45) is 5.41 Å². The highest BCUT2D eigenvalue weighted by atomic mass is 14.9. The molecule has 0 aliphatic carbocycles. The van der Waals surface area contributed by atoms with Crippen molar-refractivity contribution in [1.82, 2.24) is 5.32 Å². The summed E-state index contributed by atoms with van der Waals surface area (Å²) >= 11 is 0. The van der Waals surface area contributed by atoms with Crippen LogP contribution >= 0.6 is 0 Å². The number of hydrogen-bond acceptors (Lipinski definition) is 1. The van der Waals surface area contributed by atoms with Crippen molar-refractivity contribution in [3.63, 3.8) is 0 Å². The minimum atomic E-state index is 0.363. The SMILES string of the molecule is Cc1ccc(CCC(C)(C)CNC(C)C)c(C)c1. The van der Waals surface area contributed by atoms with E-state index in [-0.39, 0.29) is 0 Å². The van der Waals surface area contributed by atoms with Crippen LogP contribution < -0.4 is 5.32 Å². The summed E-state index contributed by atoms with van der Waals surface area (Å²) in [4.78, 5) is 0. The predicted octanol–water partition coefficient (Wildman–Crippen LogP) is 4.26. The Morgan fingerprint density at radius 2 is 1.83 bits per heavy atom. The second-order valence-electron chi connectivity index (χ2n) is 6.63.